The Bertz CT molecular complexity index is 970. The van der Waals surface area contributed by atoms with E-state index < -0.39 is 29.9 Å². The molecule has 0 bridgehead atoms. The lowest BCUT2D eigenvalue weighted by molar-refractivity contribution is -0.132. The lowest BCUT2D eigenvalue weighted by Gasteiger charge is -2.29. The topological polar surface area (TPSA) is 131 Å². The van der Waals surface area contributed by atoms with E-state index in [1.165, 1.54) is 11.8 Å². The zero-order chi connectivity index (χ0) is 23.4. The first-order chi connectivity index (χ1) is 15.3. The molecule has 32 heavy (non-hydrogen) atoms. The van der Waals surface area contributed by atoms with Crippen molar-refractivity contribution in [2.45, 2.75) is 64.6 Å². The Hall–Kier alpha value is -3.41. The zero-order valence-corrected chi connectivity index (χ0v) is 18.6. The molecule has 1 aromatic carbocycles. The average Bonchev–Trinajstić information content (AvgIpc) is 3.11. The van der Waals surface area contributed by atoms with Gasteiger partial charge in [-0.25, -0.2) is 0 Å². The molecular formula is C23H29N5O4. The molecule has 0 fully saturated rings. The van der Waals surface area contributed by atoms with E-state index in [9.17, 15) is 19.2 Å². The molecule has 2 aliphatic rings. The standard InChI is InChI=1S/C23H29N5O4/c1-4-13(2)19(26-14(3)29)22(31)27-17-9-8-15-6-5-7-16-12-18(21(30)25-11-10-24)28(20(15)16)23(17)32/h5-7,13,17-19H,4,8-9,11-12H2,1-3H3,(H,25,30)(H,26,29)(H,27,31)/t13-,17-,18-,19-/m0/s1. The normalized spacial score (nSPS) is 20.9. The van der Waals surface area contributed by atoms with Crippen molar-refractivity contribution in [3.8, 4) is 6.07 Å². The van der Waals surface area contributed by atoms with E-state index in [1.807, 2.05) is 38.1 Å². The summed E-state index contributed by atoms with van der Waals surface area (Å²) in [7, 11) is 0. The van der Waals surface area contributed by atoms with Crippen LogP contribution in [0.3, 0.4) is 0 Å². The highest BCUT2D eigenvalue weighted by molar-refractivity contribution is 6.08. The van der Waals surface area contributed by atoms with Crippen molar-refractivity contribution >= 4 is 29.3 Å². The fraction of sp³-hybridized carbons (Fsp3) is 0.522. The summed E-state index contributed by atoms with van der Waals surface area (Å²) in [5, 5.41) is 16.9. The first-order valence-electron chi connectivity index (χ1n) is 10.9. The Kier molecular flexibility index (Phi) is 7.13. The summed E-state index contributed by atoms with van der Waals surface area (Å²) in [6.07, 6.45) is 1.99. The van der Waals surface area contributed by atoms with Crippen LogP contribution in [0.4, 0.5) is 5.69 Å². The van der Waals surface area contributed by atoms with E-state index in [1.54, 1.807) is 0 Å². The maximum Gasteiger partial charge on any atom is 0.250 e. The van der Waals surface area contributed by atoms with Gasteiger partial charge in [0.25, 0.3) is 0 Å². The third kappa shape index (κ3) is 4.59. The molecule has 9 heteroatoms. The number of para-hydroxylation sites is 1. The molecule has 1 aromatic rings. The highest BCUT2D eigenvalue weighted by Crippen LogP contribution is 2.39. The van der Waals surface area contributed by atoms with Crippen molar-refractivity contribution in [1.29, 1.82) is 5.26 Å². The number of carbonyl (C=O) groups excluding carboxylic acids is 4. The molecule has 0 saturated heterocycles. The van der Waals surface area contributed by atoms with Gasteiger partial charge in [-0.1, -0.05) is 38.5 Å². The van der Waals surface area contributed by atoms with E-state index in [0.717, 1.165) is 16.8 Å². The summed E-state index contributed by atoms with van der Waals surface area (Å²) in [5.74, 6) is -1.60. The molecule has 0 spiro atoms. The summed E-state index contributed by atoms with van der Waals surface area (Å²) >= 11 is 0. The smallest absolute Gasteiger partial charge is 0.250 e. The van der Waals surface area contributed by atoms with Gasteiger partial charge in [0.05, 0.1) is 11.8 Å². The monoisotopic (exact) mass is 439 g/mol. The molecule has 0 aromatic heterocycles. The largest absolute Gasteiger partial charge is 0.344 e. The van der Waals surface area contributed by atoms with Gasteiger partial charge in [0.1, 0.15) is 24.7 Å². The second kappa shape index (κ2) is 9.81. The summed E-state index contributed by atoms with van der Waals surface area (Å²) in [5.41, 5.74) is 2.57. The van der Waals surface area contributed by atoms with Gasteiger partial charge in [-0.2, -0.15) is 5.26 Å². The van der Waals surface area contributed by atoms with Crippen LogP contribution in [0, 0.1) is 17.2 Å². The number of amides is 4. The van der Waals surface area contributed by atoms with Crippen molar-refractivity contribution in [3.63, 3.8) is 0 Å². The van der Waals surface area contributed by atoms with E-state index in [2.05, 4.69) is 16.0 Å². The van der Waals surface area contributed by atoms with E-state index in [0.29, 0.717) is 25.7 Å². The number of nitrogens with one attached hydrogen (secondary N) is 3. The van der Waals surface area contributed by atoms with Crippen molar-refractivity contribution < 1.29 is 19.2 Å². The number of aryl methyl sites for hydroxylation is 1. The third-order valence-electron chi connectivity index (χ3n) is 6.22. The van der Waals surface area contributed by atoms with Crippen LogP contribution >= 0.6 is 0 Å². The SMILES string of the molecule is CC[C@H](C)[C@H](NC(C)=O)C(=O)N[C@H]1CCc2cccc3c2N(C1=O)[C@H](C(=O)NCC#N)C3. The minimum absolute atomic E-state index is 0.111. The van der Waals surface area contributed by atoms with Gasteiger partial charge in [-0.3, -0.25) is 24.1 Å². The minimum Gasteiger partial charge on any atom is -0.344 e. The molecule has 2 aliphatic heterocycles. The summed E-state index contributed by atoms with van der Waals surface area (Å²) in [4.78, 5) is 52.4. The molecule has 2 heterocycles. The molecule has 0 saturated carbocycles. The number of carbonyl (C=O) groups is 4. The Labute approximate surface area is 187 Å². The van der Waals surface area contributed by atoms with Crippen LogP contribution in [0.15, 0.2) is 18.2 Å². The Morgan fingerprint density at radius 1 is 1.28 bits per heavy atom. The number of anilines is 1. The fourth-order valence-corrected chi connectivity index (χ4v) is 4.40. The summed E-state index contributed by atoms with van der Waals surface area (Å²) in [6, 6.07) is 5.25. The van der Waals surface area contributed by atoms with E-state index in [-0.39, 0.29) is 24.3 Å². The highest BCUT2D eigenvalue weighted by atomic mass is 16.2. The summed E-state index contributed by atoms with van der Waals surface area (Å²) < 4.78 is 0. The predicted molar refractivity (Wildman–Crippen MR) is 117 cm³/mol. The van der Waals surface area contributed by atoms with Crippen molar-refractivity contribution in [3.05, 3.63) is 29.3 Å². The van der Waals surface area contributed by atoms with Crippen molar-refractivity contribution in [1.82, 2.24) is 16.0 Å². The molecule has 4 amide bonds. The Balaban J connectivity index is 1.88. The second-order valence-electron chi connectivity index (χ2n) is 8.39. The molecule has 3 rings (SSSR count). The Morgan fingerprint density at radius 3 is 2.66 bits per heavy atom. The van der Waals surface area contributed by atoms with Crippen molar-refractivity contribution in [2.24, 2.45) is 5.92 Å². The molecular weight excluding hydrogens is 410 g/mol. The second-order valence-corrected chi connectivity index (χ2v) is 8.39. The first kappa shape index (κ1) is 23.3. The molecule has 9 nitrogen and oxygen atoms in total. The van der Waals surface area contributed by atoms with Crippen molar-refractivity contribution in [2.75, 3.05) is 11.4 Å². The summed E-state index contributed by atoms with van der Waals surface area (Å²) in [6.45, 7) is 5.00. The molecule has 4 atom stereocenters. The lowest BCUT2D eigenvalue weighted by Crippen LogP contribution is -2.58. The number of hydrogen-bond donors (Lipinski definition) is 3. The minimum atomic E-state index is -0.826. The highest BCUT2D eigenvalue weighted by Gasteiger charge is 2.44. The van der Waals surface area contributed by atoms with Gasteiger partial charge in [0.2, 0.25) is 23.6 Å². The lowest BCUT2D eigenvalue weighted by atomic mass is 9.97. The van der Waals surface area contributed by atoms with Gasteiger partial charge in [0.15, 0.2) is 0 Å². The molecule has 0 radical (unpaired) electrons. The Morgan fingerprint density at radius 2 is 2.00 bits per heavy atom. The van der Waals surface area contributed by atoms with Crippen LogP contribution in [-0.2, 0) is 32.0 Å². The van der Waals surface area contributed by atoms with E-state index in [4.69, 9.17) is 5.26 Å². The number of hydrogen-bond acceptors (Lipinski definition) is 5. The van der Waals surface area contributed by atoms with Crippen LogP contribution in [0.25, 0.3) is 0 Å². The molecule has 0 aliphatic carbocycles. The first-order valence-corrected chi connectivity index (χ1v) is 10.9. The van der Waals surface area contributed by atoms with Gasteiger partial charge >= 0.3 is 0 Å². The van der Waals surface area contributed by atoms with E-state index >= 15 is 0 Å². The fourth-order valence-electron chi connectivity index (χ4n) is 4.40. The molecule has 170 valence electrons. The number of nitriles is 1. The zero-order valence-electron chi connectivity index (χ0n) is 18.6. The number of rotatable bonds is 7. The van der Waals surface area contributed by atoms with Gasteiger partial charge in [0, 0.05) is 13.3 Å². The van der Waals surface area contributed by atoms with Crippen LogP contribution in [0.1, 0.15) is 44.7 Å². The number of nitrogens with zero attached hydrogens (tertiary/aromatic N) is 2. The van der Waals surface area contributed by atoms with Gasteiger partial charge in [-0.05, 0) is 29.9 Å². The number of benzene rings is 1. The van der Waals surface area contributed by atoms with Crippen LogP contribution in [0.5, 0.6) is 0 Å². The molecule has 0 unspecified atom stereocenters. The van der Waals surface area contributed by atoms with Crippen LogP contribution < -0.4 is 20.9 Å². The van der Waals surface area contributed by atoms with Gasteiger partial charge < -0.3 is 16.0 Å². The molecule has 3 N–H and O–H groups in total. The van der Waals surface area contributed by atoms with Gasteiger partial charge in [-0.15, -0.1) is 0 Å². The van der Waals surface area contributed by atoms with Crippen LogP contribution in [-0.4, -0.2) is 48.3 Å². The third-order valence-corrected chi connectivity index (χ3v) is 6.22. The van der Waals surface area contributed by atoms with Crippen LogP contribution in [0.2, 0.25) is 0 Å². The predicted octanol–water partition coefficient (Wildman–Crippen LogP) is 0.566. The average molecular weight is 440 g/mol. The maximum absolute atomic E-state index is 13.6. The quantitative estimate of drug-likeness (QED) is 0.535. The maximum atomic E-state index is 13.6.